The molecule has 5 nitrogen and oxygen atoms in total. The van der Waals surface area contributed by atoms with Gasteiger partial charge in [0.2, 0.25) is 5.91 Å². The molecule has 5 heteroatoms. The van der Waals surface area contributed by atoms with Crippen molar-refractivity contribution in [1.82, 2.24) is 19.7 Å². The average molecular weight is 413 g/mol. The van der Waals surface area contributed by atoms with Crippen LogP contribution in [0.3, 0.4) is 0 Å². The van der Waals surface area contributed by atoms with Gasteiger partial charge < -0.3 is 4.90 Å². The van der Waals surface area contributed by atoms with Gasteiger partial charge in [0.15, 0.2) is 0 Å². The molecule has 0 unspecified atom stereocenters. The van der Waals surface area contributed by atoms with Gasteiger partial charge in [0, 0.05) is 44.1 Å². The predicted molar refractivity (Wildman–Crippen MR) is 121 cm³/mol. The van der Waals surface area contributed by atoms with Crippen molar-refractivity contribution in [3.05, 3.63) is 30.1 Å². The van der Waals surface area contributed by atoms with Gasteiger partial charge in [-0.05, 0) is 76.2 Å². The molecule has 0 aromatic carbocycles. The smallest absolute Gasteiger partial charge is 0.227 e. The van der Waals surface area contributed by atoms with Crippen LogP contribution in [0, 0.1) is 5.92 Å². The van der Waals surface area contributed by atoms with Crippen LogP contribution in [0.15, 0.2) is 24.5 Å². The van der Waals surface area contributed by atoms with Crippen LogP contribution in [0.25, 0.3) is 0 Å². The first-order valence-corrected chi connectivity index (χ1v) is 12.4. The van der Waals surface area contributed by atoms with Crippen molar-refractivity contribution in [2.24, 2.45) is 5.92 Å². The van der Waals surface area contributed by atoms with Crippen LogP contribution >= 0.6 is 0 Å². The molecule has 1 saturated carbocycles. The topological polar surface area (TPSA) is 39.7 Å². The fourth-order valence-electron chi connectivity index (χ4n) is 5.90. The molecule has 4 rings (SSSR count). The largest absolute Gasteiger partial charge is 0.339 e. The normalized spacial score (nSPS) is 24.9. The van der Waals surface area contributed by atoms with Gasteiger partial charge in [0.25, 0.3) is 0 Å². The Bertz CT molecular complexity index is 652. The number of piperidine rings is 2. The first-order chi connectivity index (χ1) is 14.7. The summed E-state index contributed by atoms with van der Waals surface area (Å²) in [7, 11) is 0. The van der Waals surface area contributed by atoms with Crippen LogP contribution < -0.4 is 0 Å². The van der Waals surface area contributed by atoms with Crippen LogP contribution in [0.5, 0.6) is 0 Å². The van der Waals surface area contributed by atoms with E-state index in [0.717, 1.165) is 45.6 Å². The van der Waals surface area contributed by atoms with Gasteiger partial charge >= 0.3 is 0 Å². The van der Waals surface area contributed by atoms with Gasteiger partial charge in [-0.15, -0.1) is 0 Å². The fourth-order valence-corrected chi connectivity index (χ4v) is 5.90. The first-order valence-electron chi connectivity index (χ1n) is 12.4. The monoisotopic (exact) mass is 412 g/mol. The van der Waals surface area contributed by atoms with E-state index in [1.54, 1.807) is 0 Å². The molecule has 2 saturated heterocycles. The summed E-state index contributed by atoms with van der Waals surface area (Å²) in [5.41, 5.74) is 1.31. The lowest BCUT2D eigenvalue weighted by Gasteiger charge is -2.43. The predicted octanol–water partition coefficient (Wildman–Crippen LogP) is 3.94. The van der Waals surface area contributed by atoms with Gasteiger partial charge in [-0.1, -0.05) is 25.8 Å². The van der Waals surface area contributed by atoms with Crippen molar-refractivity contribution in [1.29, 1.82) is 0 Å². The molecule has 1 atom stereocenters. The number of pyridine rings is 1. The third-order valence-electron chi connectivity index (χ3n) is 7.52. The zero-order valence-electron chi connectivity index (χ0n) is 18.8. The van der Waals surface area contributed by atoms with E-state index in [0.29, 0.717) is 18.0 Å². The second kappa shape index (κ2) is 10.7. The Morgan fingerprint density at radius 3 is 2.60 bits per heavy atom. The fraction of sp³-hybridized carbons (Fsp3) is 0.760. The van der Waals surface area contributed by atoms with E-state index in [1.807, 2.05) is 18.5 Å². The van der Waals surface area contributed by atoms with Crippen LogP contribution in [0.4, 0.5) is 0 Å². The van der Waals surface area contributed by atoms with E-state index in [-0.39, 0.29) is 5.92 Å². The lowest BCUT2D eigenvalue weighted by atomic mass is 9.92. The Balaban J connectivity index is 1.29. The van der Waals surface area contributed by atoms with Crippen LogP contribution in [-0.4, -0.2) is 70.4 Å². The van der Waals surface area contributed by atoms with Gasteiger partial charge in [0.1, 0.15) is 0 Å². The summed E-state index contributed by atoms with van der Waals surface area (Å²) < 4.78 is 0. The summed E-state index contributed by atoms with van der Waals surface area (Å²) in [6.07, 6.45) is 14.7. The van der Waals surface area contributed by atoms with Gasteiger partial charge in [-0.3, -0.25) is 19.6 Å². The molecule has 30 heavy (non-hydrogen) atoms. The molecule has 3 heterocycles. The first kappa shape index (κ1) is 21.8. The van der Waals surface area contributed by atoms with E-state index >= 15 is 0 Å². The minimum Gasteiger partial charge on any atom is -0.339 e. The number of likely N-dealkylation sites (tertiary alicyclic amines) is 2. The number of carbonyl (C=O) groups excluding carboxylic acids is 1. The summed E-state index contributed by atoms with van der Waals surface area (Å²) in [5.74, 6) is 0.682. The van der Waals surface area contributed by atoms with Gasteiger partial charge in [0.05, 0.1) is 5.92 Å². The lowest BCUT2D eigenvalue weighted by molar-refractivity contribution is -0.140. The average Bonchev–Trinajstić information content (AvgIpc) is 3.33. The van der Waals surface area contributed by atoms with Crippen LogP contribution in [0.2, 0.25) is 0 Å². The number of amides is 1. The molecule has 0 bridgehead atoms. The third-order valence-corrected chi connectivity index (χ3v) is 7.52. The Hall–Kier alpha value is -1.46. The molecule has 0 N–H and O–H groups in total. The number of nitrogens with zero attached hydrogens (tertiary/aromatic N) is 4. The van der Waals surface area contributed by atoms with E-state index in [2.05, 4.69) is 32.7 Å². The van der Waals surface area contributed by atoms with E-state index < -0.39 is 0 Å². The summed E-state index contributed by atoms with van der Waals surface area (Å²) in [5, 5.41) is 0. The molecular weight excluding hydrogens is 372 g/mol. The Labute approximate surface area is 182 Å². The summed E-state index contributed by atoms with van der Waals surface area (Å²) in [6, 6.07) is 5.37. The number of hydrogen-bond donors (Lipinski definition) is 0. The molecule has 0 radical (unpaired) electrons. The molecule has 3 fully saturated rings. The maximum atomic E-state index is 13.4. The molecule has 2 aliphatic heterocycles. The lowest BCUT2D eigenvalue weighted by Crippen LogP contribution is -2.52. The third kappa shape index (κ3) is 5.42. The highest BCUT2D eigenvalue weighted by molar-refractivity contribution is 5.79. The number of carbonyl (C=O) groups is 1. The van der Waals surface area contributed by atoms with E-state index in [1.165, 1.54) is 57.1 Å². The molecule has 3 aliphatic rings. The quantitative estimate of drug-likeness (QED) is 0.680. The van der Waals surface area contributed by atoms with Crippen molar-refractivity contribution in [3.63, 3.8) is 0 Å². The minimum atomic E-state index is 0.222. The Morgan fingerprint density at radius 2 is 1.90 bits per heavy atom. The van der Waals surface area contributed by atoms with Gasteiger partial charge in [-0.25, -0.2) is 0 Å². The summed E-state index contributed by atoms with van der Waals surface area (Å²) >= 11 is 0. The van der Waals surface area contributed by atoms with E-state index in [9.17, 15) is 4.79 Å². The van der Waals surface area contributed by atoms with Crippen LogP contribution in [0.1, 0.15) is 70.3 Å². The molecule has 1 amide bonds. The Morgan fingerprint density at radius 1 is 1.10 bits per heavy atom. The van der Waals surface area contributed by atoms with Crippen molar-refractivity contribution < 1.29 is 4.79 Å². The van der Waals surface area contributed by atoms with Crippen molar-refractivity contribution >= 4 is 5.91 Å². The van der Waals surface area contributed by atoms with E-state index in [4.69, 9.17) is 0 Å². The second-order valence-electron chi connectivity index (χ2n) is 9.67. The summed E-state index contributed by atoms with van der Waals surface area (Å²) in [6.45, 7) is 8.63. The maximum Gasteiger partial charge on any atom is 0.227 e. The zero-order valence-corrected chi connectivity index (χ0v) is 18.8. The second-order valence-corrected chi connectivity index (χ2v) is 9.67. The highest BCUT2D eigenvalue weighted by atomic mass is 16.2. The zero-order chi connectivity index (χ0) is 20.8. The highest BCUT2D eigenvalue weighted by Gasteiger charge is 2.35. The molecule has 1 aromatic heterocycles. The van der Waals surface area contributed by atoms with Crippen molar-refractivity contribution in [3.8, 4) is 0 Å². The van der Waals surface area contributed by atoms with Gasteiger partial charge in [-0.2, -0.15) is 0 Å². The summed E-state index contributed by atoms with van der Waals surface area (Å²) in [4.78, 5) is 25.2. The number of hydrogen-bond acceptors (Lipinski definition) is 4. The number of rotatable bonds is 7. The molecule has 1 aliphatic carbocycles. The molecular formula is C25H40N4O. The van der Waals surface area contributed by atoms with Crippen molar-refractivity contribution in [2.45, 2.75) is 83.3 Å². The Kier molecular flexibility index (Phi) is 7.78. The molecule has 166 valence electrons. The van der Waals surface area contributed by atoms with Crippen molar-refractivity contribution in [2.75, 3.05) is 32.7 Å². The standard InChI is InChI=1S/C25H40N4O/c1-2-14-29(24-9-3-4-10-24)25(30)22-8-6-15-28(20-22)23-11-16-27(17-12-23)19-21-7-5-13-26-18-21/h5,7,13,18,22-24H,2-4,6,8-12,14-17,19-20H2,1H3/t22-/m0/s1. The van der Waals surface area contributed by atoms with Crippen LogP contribution in [-0.2, 0) is 11.3 Å². The molecule has 0 spiro atoms. The molecule has 1 aromatic rings. The minimum absolute atomic E-state index is 0.222. The SMILES string of the molecule is CCCN(C(=O)[C@H]1CCCN(C2CCN(Cc3cccnc3)CC2)C1)C1CCCC1. The highest BCUT2D eigenvalue weighted by Crippen LogP contribution is 2.29. The number of aromatic nitrogens is 1. The maximum absolute atomic E-state index is 13.4.